The Morgan fingerprint density at radius 3 is 2.47 bits per heavy atom. The second-order valence-electron chi connectivity index (χ2n) is 4.60. The molecule has 1 heterocycles. The van der Waals surface area contributed by atoms with Crippen LogP contribution in [0.3, 0.4) is 0 Å². The Hall–Kier alpha value is -0.870. The van der Waals surface area contributed by atoms with Crippen LogP contribution in [0.25, 0.3) is 0 Å². The van der Waals surface area contributed by atoms with Crippen molar-refractivity contribution in [2.75, 3.05) is 7.11 Å². The summed E-state index contributed by atoms with van der Waals surface area (Å²) in [5, 5.41) is 5.42. The van der Waals surface area contributed by atoms with Crippen LogP contribution in [0.15, 0.2) is 11.4 Å². The molecule has 1 N–H and O–H groups in total. The van der Waals surface area contributed by atoms with Crippen LogP contribution in [-0.4, -0.2) is 19.1 Å². The average molecular weight is 255 g/mol. The van der Waals surface area contributed by atoms with Gasteiger partial charge in [0.2, 0.25) is 0 Å². The van der Waals surface area contributed by atoms with E-state index < -0.39 is 0 Å². The number of hydrogen-bond acceptors (Lipinski definition) is 4. The maximum absolute atomic E-state index is 11.7. The fraction of sp³-hybridized carbons (Fsp3) is 0.615. The lowest BCUT2D eigenvalue weighted by atomic mass is 10.0. The summed E-state index contributed by atoms with van der Waals surface area (Å²) in [6.45, 7) is 8.20. The van der Waals surface area contributed by atoms with Crippen molar-refractivity contribution in [3.8, 4) is 0 Å². The zero-order valence-corrected chi connectivity index (χ0v) is 11.9. The van der Waals surface area contributed by atoms with Crippen molar-refractivity contribution in [3.05, 3.63) is 21.9 Å². The molecule has 0 aliphatic heterocycles. The van der Waals surface area contributed by atoms with Gasteiger partial charge < -0.3 is 4.74 Å². The summed E-state index contributed by atoms with van der Waals surface area (Å²) in [5.74, 6) is 0.0197. The molecule has 0 amide bonds. The van der Waals surface area contributed by atoms with Crippen LogP contribution in [0.1, 0.15) is 37.3 Å². The first-order valence-corrected chi connectivity index (χ1v) is 6.73. The van der Waals surface area contributed by atoms with Gasteiger partial charge in [0.25, 0.3) is 0 Å². The van der Waals surface area contributed by atoms with Gasteiger partial charge in [-0.3, -0.25) is 10.1 Å². The van der Waals surface area contributed by atoms with Crippen molar-refractivity contribution < 1.29 is 9.53 Å². The molecule has 0 aliphatic rings. The van der Waals surface area contributed by atoms with Gasteiger partial charge >= 0.3 is 5.97 Å². The van der Waals surface area contributed by atoms with Crippen LogP contribution in [0, 0.1) is 12.8 Å². The summed E-state index contributed by atoms with van der Waals surface area (Å²) in [6.07, 6.45) is 0. The van der Waals surface area contributed by atoms with Gasteiger partial charge in [-0.15, -0.1) is 11.3 Å². The number of methoxy groups -OCH3 is 1. The predicted octanol–water partition coefficient (Wildman–Crippen LogP) is 2.90. The Balaban J connectivity index is 2.74. The lowest BCUT2D eigenvalue weighted by Gasteiger charge is -2.24. The second-order valence-corrected chi connectivity index (χ2v) is 5.55. The molecule has 96 valence electrons. The van der Waals surface area contributed by atoms with E-state index in [9.17, 15) is 4.79 Å². The van der Waals surface area contributed by atoms with E-state index in [1.54, 1.807) is 11.3 Å². The highest BCUT2D eigenvalue weighted by Gasteiger charge is 2.25. The number of ether oxygens (including phenoxy) is 1. The van der Waals surface area contributed by atoms with Crippen LogP contribution in [0.5, 0.6) is 0 Å². The Kier molecular flexibility index (Phi) is 5.15. The van der Waals surface area contributed by atoms with Gasteiger partial charge in [-0.2, -0.15) is 0 Å². The first-order valence-electron chi connectivity index (χ1n) is 5.85. The molecule has 0 saturated heterocycles. The molecule has 0 aromatic carbocycles. The third-order valence-corrected chi connectivity index (χ3v) is 4.05. The SMILES string of the molecule is COC(=O)[C@@H](NC(C)c1sccc1C)C(C)C. The fourth-order valence-electron chi connectivity index (χ4n) is 1.83. The monoisotopic (exact) mass is 255 g/mol. The van der Waals surface area contributed by atoms with E-state index in [0.29, 0.717) is 0 Å². The van der Waals surface area contributed by atoms with Gasteiger partial charge in [0.15, 0.2) is 0 Å². The predicted molar refractivity (Wildman–Crippen MR) is 71.2 cm³/mol. The van der Waals surface area contributed by atoms with Crippen LogP contribution in [0.2, 0.25) is 0 Å². The summed E-state index contributed by atoms with van der Waals surface area (Å²) in [6, 6.07) is 2.01. The van der Waals surface area contributed by atoms with E-state index in [1.807, 2.05) is 13.8 Å². The molecule has 2 atom stereocenters. The number of hydrogen-bond donors (Lipinski definition) is 1. The van der Waals surface area contributed by atoms with Crippen LogP contribution in [0.4, 0.5) is 0 Å². The first-order chi connectivity index (χ1) is 7.97. The molecule has 0 fully saturated rings. The third-order valence-electron chi connectivity index (χ3n) is 2.85. The van der Waals surface area contributed by atoms with Gasteiger partial charge in [0.05, 0.1) is 7.11 Å². The zero-order chi connectivity index (χ0) is 13.0. The number of aryl methyl sites for hydroxylation is 1. The molecule has 0 bridgehead atoms. The zero-order valence-electron chi connectivity index (χ0n) is 11.1. The van der Waals surface area contributed by atoms with Crippen molar-refractivity contribution in [2.24, 2.45) is 5.92 Å². The first kappa shape index (κ1) is 14.2. The van der Waals surface area contributed by atoms with Crippen LogP contribution < -0.4 is 5.32 Å². The minimum atomic E-state index is -0.253. The molecule has 4 heteroatoms. The molecule has 1 unspecified atom stereocenters. The van der Waals surface area contributed by atoms with Gasteiger partial charge in [-0.1, -0.05) is 13.8 Å². The van der Waals surface area contributed by atoms with Crippen molar-refractivity contribution in [1.82, 2.24) is 5.32 Å². The number of carbonyl (C=O) groups is 1. The smallest absolute Gasteiger partial charge is 0.323 e. The number of esters is 1. The molecule has 1 rings (SSSR count). The highest BCUT2D eigenvalue weighted by atomic mass is 32.1. The third kappa shape index (κ3) is 3.54. The van der Waals surface area contributed by atoms with E-state index in [-0.39, 0.29) is 24.0 Å². The van der Waals surface area contributed by atoms with Crippen molar-refractivity contribution in [1.29, 1.82) is 0 Å². The van der Waals surface area contributed by atoms with Gasteiger partial charge in [0.1, 0.15) is 6.04 Å². The lowest BCUT2D eigenvalue weighted by Crippen LogP contribution is -2.42. The minimum Gasteiger partial charge on any atom is -0.468 e. The summed E-state index contributed by atoms with van der Waals surface area (Å²) < 4.78 is 4.82. The van der Waals surface area contributed by atoms with Crippen molar-refractivity contribution >= 4 is 17.3 Å². The second kappa shape index (κ2) is 6.17. The van der Waals surface area contributed by atoms with Crippen molar-refractivity contribution in [3.63, 3.8) is 0 Å². The molecular weight excluding hydrogens is 234 g/mol. The molecular formula is C13H21NO2S. The fourth-order valence-corrected chi connectivity index (χ4v) is 2.78. The van der Waals surface area contributed by atoms with Gasteiger partial charge in [0, 0.05) is 10.9 Å². The van der Waals surface area contributed by atoms with Crippen LogP contribution >= 0.6 is 11.3 Å². The largest absolute Gasteiger partial charge is 0.468 e. The normalized spacial score (nSPS) is 14.7. The maximum atomic E-state index is 11.7. The Bertz CT molecular complexity index is 373. The average Bonchev–Trinajstić information content (AvgIpc) is 2.70. The maximum Gasteiger partial charge on any atom is 0.323 e. The molecule has 1 aromatic heterocycles. The van der Waals surface area contributed by atoms with E-state index >= 15 is 0 Å². The van der Waals surface area contributed by atoms with E-state index in [1.165, 1.54) is 17.6 Å². The topological polar surface area (TPSA) is 38.3 Å². The molecule has 0 radical (unpaired) electrons. The number of rotatable bonds is 5. The number of nitrogens with one attached hydrogen (secondary N) is 1. The molecule has 0 spiro atoms. The van der Waals surface area contributed by atoms with Crippen molar-refractivity contribution in [2.45, 2.75) is 39.8 Å². The molecule has 3 nitrogen and oxygen atoms in total. The Morgan fingerprint density at radius 2 is 2.06 bits per heavy atom. The highest BCUT2D eigenvalue weighted by molar-refractivity contribution is 7.10. The highest BCUT2D eigenvalue weighted by Crippen LogP contribution is 2.24. The standard InChI is InChI=1S/C13H21NO2S/c1-8(2)11(13(15)16-5)14-10(4)12-9(3)6-7-17-12/h6-8,10-11,14H,1-5H3/t10?,11-/m0/s1. The Labute approximate surface area is 107 Å². The minimum absolute atomic E-state index is 0.168. The van der Waals surface area contributed by atoms with Gasteiger partial charge in [-0.05, 0) is 36.8 Å². The lowest BCUT2D eigenvalue weighted by molar-refractivity contribution is -0.144. The van der Waals surface area contributed by atoms with E-state index in [0.717, 1.165) is 0 Å². The van der Waals surface area contributed by atoms with Gasteiger partial charge in [-0.25, -0.2) is 0 Å². The number of carbonyl (C=O) groups excluding carboxylic acids is 1. The van der Waals surface area contributed by atoms with E-state index in [2.05, 4.69) is 30.6 Å². The summed E-state index contributed by atoms with van der Waals surface area (Å²) in [7, 11) is 1.43. The molecule has 0 saturated carbocycles. The summed E-state index contributed by atoms with van der Waals surface area (Å²) in [5.41, 5.74) is 1.27. The Morgan fingerprint density at radius 1 is 1.41 bits per heavy atom. The number of thiophene rings is 1. The molecule has 1 aromatic rings. The van der Waals surface area contributed by atoms with E-state index in [4.69, 9.17) is 4.74 Å². The summed E-state index contributed by atoms with van der Waals surface area (Å²) >= 11 is 1.72. The molecule has 17 heavy (non-hydrogen) atoms. The summed E-state index contributed by atoms with van der Waals surface area (Å²) in [4.78, 5) is 12.9. The quantitative estimate of drug-likeness (QED) is 0.822. The van der Waals surface area contributed by atoms with Crippen LogP contribution in [-0.2, 0) is 9.53 Å². The molecule has 0 aliphatic carbocycles.